The Morgan fingerprint density at radius 2 is 0.484 bits per heavy atom. The molecule has 0 heterocycles. The van der Waals surface area contributed by atoms with Crippen LogP contribution in [0.15, 0.2) is 255 Å². The molecule has 0 fully saturated rings. The van der Waals surface area contributed by atoms with Crippen molar-refractivity contribution in [2.24, 2.45) is 0 Å². The van der Waals surface area contributed by atoms with Crippen LogP contribution >= 0.6 is 0 Å². The van der Waals surface area contributed by atoms with E-state index in [4.69, 9.17) is 0 Å². The van der Waals surface area contributed by atoms with Crippen LogP contribution in [-0.4, -0.2) is 0 Å². The van der Waals surface area contributed by atoms with Crippen molar-refractivity contribution in [3.05, 3.63) is 255 Å². The predicted molar refractivity (Wildman–Crippen MR) is 275 cm³/mol. The van der Waals surface area contributed by atoms with E-state index in [2.05, 4.69) is 255 Å². The molecule has 0 heteroatoms. The summed E-state index contributed by atoms with van der Waals surface area (Å²) < 4.78 is 0. The molecule has 12 aromatic rings. The average Bonchev–Trinajstić information content (AvgIpc) is 3.38. The van der Waals surface area contributed by atoms with E-state index in [1.54, 1.807) is 0 Å². The largest absolute Gasteiger partial charge is 0.0622 e. The van der Waals surface area contributed by atoms with Crippen molar-refractivity contribution in [3.8, 4) is 77.9 Å². The summed E-state index contributed by atoms with van der Waals surface area (Å²) in [5.74, 6) is 0. The predicted octanol–water partition coefficient (Wildman–Crippen LogP) is 18.0. The van der Waals surface area contributed by atoms with E-state index in [1.165, 1.54) is 121 Å². The van der Waals surface area contributed by atoms with Crippen molar-refractivity contribution in [1.82, 2.24) is 0 Å². The van der Waals surface area contributed by atoms with Gasteiger partial charge in [0.1, 0.15) is 0 Å². The summed E-state index contributed by atoms with van der Waals surface area (Å²) in [5.41, 5.74) is 17.1. The van der Waals surface area contributed by atoms with Gasteiger partial charge >= 0.3 is 0 Å². The van der Waals surface area contributed by atoms with Gasteiger partial charge in [-0.1, -0.05) is 206 Å². The fourth-order valence-electron chi connectivity index (χ4n) is 9.97. The molecular weight excluding hydrogens is 769 g/mol. The van der Waals surface area contributed by atoms with Gasteiger partial charge in [0.15, 0.2) is 0 Å². The van der Waals surface area contributed by atoms with E-state index in [1.807, 2.05) is 0 Å². The molecular formula is C64H42. The highest BCUT2D eigenvalue weighted by atomic mass is 14.2. The molecule has 298 valence electrons. The van der Waals surface area contributed by atoms with Crippen molar-refractivity contribution in [1.29, 1.82) is 0 Å². The molecule has 0 aromatic heterocycles. The highest BCUT2D eigenvalue weighted by Crippen LogP contribution is 2.48. The van der Waals surface area contributed by atoms with Gasteiger partial charge < -0.3 is 0 Å². The number of rotatable bonds is 7. The first-order valence-electron chi connectivity index (χ1n) is 22.2. The quantitative estimate of drug-likeness (QED) is 0.111. The van der Waals surface area contributed by atoms with Crippen LogP contribution in [0.4, 0.5) is 0 Å². The molecule has 0 aliphatic heterocycles. The standard InChI is InChI=1S/C64H42/c1-5-19-43(20-6-1)49-35-50(44-21-7-2-8-22-44)38-53(37-49)47-33-34-48-42-62(56-28-14-13-27-55(56)61(48)41-47)64-59-31-17-15-29-57(59)63(58-30-16-18-32-60(58)64)54-39-51(45-23-9-3-10-24-45)36-52(40-54)46-25-11-4-12-26-46/h1-42H. The molecule has 0 aliphatic rings. The van der Waals surface area contributed by atoms with Crippen LogP contribution in [-0.2, 0) is 0 Å². The molecule has 0 atom stereocenters. The molecule has 64 heavy (non-hydrogen) atoms. The van der Waals surface area contributed by atoms with Crippen molar-refractivity contribution < 1.29 is 0 Å². The van der Waals surface area contributed by atoms with E-state index < -0.39 is 0 Å². The Balaban J connectivity index is 1.08. The Labute approximate surface area is 374 Å². The molecule has 0 aliphatic carbocycles. The van der Waals surface area contributed by atoms with Crippen molar-refractivity contribution in [2.75, 3.05) is 0 Å². The van der Waals surface area contributed by atoms with Crippen LogP contribution < -0.4 is 0 Å². The second-order valence-corrected chi connectivity index (χ2v) is 16.8. The molecule has 12 rings (SSSR count). The molecule has 0 radical (unpaired) electrons. The SMILES string of the molecule is c1ccc(-c2cc(-c3ccccc3)cc(-c3ccc4cc(-c5c6ccccc6c(-c6cc(-c7ccccc7)cc(-c7ccccc7)c6)c6ccccc56)c5ccccc5c4c3)c2)cc1. The second kappa shape index (κ2) is 15.9. The lowest BCUT2D eigenvalue weighted by molar-refractivity contribution is 1.57. The highest BCUT2D eigenvalue weighted by Gasteiger charge is 2.20. The van der Waals surface area contributed by atoms with E-state index >= 15 is 0 Å². The zero-order chi connectivity index (χ0) is 42.4. The Morgan fingerprint density at radius 3 is 0.906 bits per heavy atom. The summed E-state index contributed by atoms with van der Waals surface area (Å²) in [4.78, 5) is 0. The number of fused-ring (bicyclic) bond motifs is 5. The molecule has 0 spiro atoms. The van der Waals surface area contributed by atoms with Crippen LogP contribution in [0.25, 0.3) is 121 Å². The van der Waals surface area contributed by atoms with E-state index in [0.29, 0.717) is 0 Å². The third-order valence-electron chi connectivity index (χ3n) is 13.0. The van der Waals surface area contributed by atoms with Crippen molar-refractivity contribution in [2.45, 2.75) is 0 Å². The summed E-state index contributed by atoms with van der Waals surface area (Å²) in [7, 11) is 0. The maximum absolute atomic E-state index is 2.44. The maximum atomic E-state index is 2.44. The first-order valence-corrected chi connectivity index (χ1v) is 22.2. The Kier molecular flexibility index (Phi) is 9.28. The molecule has 0 saturated heterocycles. The van der Waals surface area contributed by atoms with Gasteiger partial charge in [0.25, 0.3) is 0 Å². The van der Waals surface area contributed by atoms with Crippen LogP contribution in [0.1, 0.15) is 0 Å². The molecule has 0 amide bonds. The zero-order valence-electron chi connectivity index (χ0n) is 35.2. The second-order valence-electron chi connectivity index (χ2n) is 16.8. The minimum absolute atomic E-state index is 1.20. The Hall–Kier alpha value is -8.32. The van der Waals surface area contributed by atoms with Crippen LogP contribution in [0, 0.1) is 0 Å². The van der Waals surface area contributed by atoms with Crippen LogP contribution in [0.3, 0.4) is 0 Å². The Morgan fingerprint density at radius 1 is 0.156 bits per heavy atom. The highest BCUT2D eigenvalue weighted by molar-refractivity contribution is 6.26. The van der Waals surface area contributed by atoms with Gasteiger partial charge in [-0.25, -0.2) is 0 Å². The molecule has 0 N–H and O–H groups in total. The van der Waals surface area contributed by atoms with E-state index in [9.17, 15) is 0 Å². The van der Waals surface area contributed by atoms with Crippen LogP contribution in [0.2, 0.25) is 0 Å². The smallest absolute Gasteiger partial charge is 0.00199 e. The van der Waals surface area contributed by atoms with Gasteiger partial charge in [0, 0.05) is 0 Å². The van der Waals surface area contributed by atoms with Gasteiger partial charge in [-0.15, -0.1) is 0 Å². The normalized spacial score (nSPS) is 11.4. The number of hydrogen-bond acceptors (Lipinski definition) is 0. The zero-order valence-corrected chi connectivity index (χ0v) is 35.2. The molecule has 0 bridgehead atoms. The fourth-order valence-corrected chi connectivity index (χ4v) is 9.97. The summed E-state index contributed by atoms with van der Waals surface area (Å²) >= 11 is 0. The number of benzene rings is 12. The summed E-state index contributed by atoms with van der Waals surface area (Å²) in [6.07, 6.45) is 0. The molecule has 0 unspecified atom stereocenters. The van der Waals surface area contributed by atoms with Gasteiger partial charge in [0.05, 0.1) is 0 Å². The first-order chi connectivity index (χ1) is 31.7. The van der Waals surface area contributed by atoms with E-state index in [0.717, 1.165) is 0 Å². The lowest BCUT2D eigenvalue weighted by Crippen LogP contribution is -1.93. The van der Waals surface area contributed by atoms with Crippen molar-refractivity contribution in [3.63, 3.8) is 0 Å². The lowest BCUT2D eigenvalue weighted by atomic mass is 9.82. The maximum Gasteiger partial charge on any atom is -0.00199 e. The summed E-state index contributed by atoms with van der Waals surface area (Å²) in [6, 6.07) is 93.7. The lowest BCUT2D eigenvalue weighted by Gasteiger charge is -2.21. The van der Waals surface area contributed by atoms with Gasteiger partial charge in [0.2, 0.25) is 0 Å². The summed E-state index contributed by atoms with van der Waals surface area (Å²) in [6.45, 7) is 0. The van der Waals surface area contributed by atoms with Crippen LogP contribution in [0.5, 0.6) is 0 Å². The van der Waals surface area contributed by atoms with Gasteiger partial charge in [-0.2, -0.15) is 0 Å². The van der Waals surface area contributed by atoms with Gasteiger partial charge in [-0.05, 0) is 170 Å². The fraction of sp³-hybridized carbons (Fsp3) is 0. The van der Waals surface area contributed by atoms with Crippen molar-refractivity contribution >= 4 is 43.1 Å². The van der Waals surface area contributed by atoms with Gasteiger partial charge in [-0.3, -0.25) is 0 Å². The first kappa shape index (κ1) is 37.4. The minimum atomic E-state index is 1.20. The topological polar surface area (TPSA) is 0 Å². The third-order valence-corrected chi connectivity index (χ3v) is 13.0. The third kappa shape index (κ3) is 6.65. The minimum Gasteiger partial charge on any atom is -0.0622 e. The monoisotopic (exact) mass is 810 g/mol. The average molecular weight is 811 g/mol. The molecule has 0 saturated carbocycles. The molecule has 12 aromatic carbocycles. The Bertz CT molecular complexity index is 3510. The van der Waals surface area contributed by atoms with E-state index in [-0.39, 0.29) is 0 Å². The molecule has 0 nitrogen and oxygen atoms in total. The number of hydrogen-bond donors (Lipinski definition) is 0. The summed E-state index contributed by atoms with van der Waals surface area (Å²) in [5, 5.41) is 9.94.